The van der Waals surface area contributed by atoms with E-state index in [1.54, 1.807) is 4.90 Å². The minimum atomic E-state index is -0.441. The third-order valence-electron chi connectivity index (χ3n) is 3.40. The number of aryl methyl sites for hydroxylation is 1. The second kappa shape index (κ2) is 6.22. The fourth-order valence-electron chi connectivity index (χ4n) is 2.39. The third-order valence-corrected chi connectivity index (χ3v) is 3.89. The normalized spacial score (nSPS) is 15.7. The first kappa shape index (κ1) is 16.1. The molecule has 0 saturated heterocycles. The summed E-state index contributed by atoms with van der Waals surface area (Å²) in [5, 5.41) is 0. The van der Waals surface area contributed by atoms with E-state index in [4.69, 9.17) is 4.74 Å². The van der Waals surface area contributed by atoms with Crippen LogP contribution in [0, 0.1) is 6.92 Å². The number of amides is 1. The molecule has 1 aromatic carbocycles. The second-order valence-electron chi connectivity index (χ2n) is 6.36. The van der Waals surface area contributed by atoms with Gasteiger partial charge < -0.3 is 9.64 Å². The quantitative estimate of drug-likeness (QED) is 0.728. The predicted octanol–water partition coefficient (Wildman–Crippen LogP) is 4.78. The number of carbonyl (C=O) groups excluding carboxylic acids is 1. The highest BCUT2D eigenvalue weighted by molar-refractivity contribution is 9.10. The lowest BCUT2D eigenvalue weighted by molar-refractivity contribution is 0.0270. The van der Waals surface area contributed by atoms with E-state index >= 15 is 0 Å². The summed E-state index contributed by atoms with van der Waals surface area (Å²) < 4.78 is 6.50. The summed E-state index contributed by atoms with van der Waals surface area (Å²) in [6.45, 7) is 9.10. The van der Waals surface area contributed by atoms with E-state index in [0.717, 1.165) is 10.9 Å². The van der Waals surface area contributed by atoms with Crippen LogP contribution in [-0.2, 0) is 4.74 Å². The maximum Gasteiger partial charge on any atom is 0.410 e. The predicted molar refractivity (Wildman–Crippen MR) is 89.3 cm³/mol. The molecule has 1 amide bonds. The molecule has 0 saturated carbocycles. The van der Waals surface area contributed by atoms with E-state index in [9.17, 15) is 4.79 Å². The van der Waals surface area contributed by atoms with Gasteiger partial charge in [-0.05, 0) is 62.9 Å². The van der Waals surface area contributed by atoms with Crippen molar-refractivity contribution in [2.75, 3.05) is 13.1 Å². The van der Waals surface area contributed by atoms with Crippen LogP contribution >= 0.6 is 15.9 Å². The summed E-state index contributed by atoms with van der Waals surface area (Å²) in [5.41, 5.74) is 3.38. The van der Waals surface area contributed by atoms with Crippen molar-refractivity contribution >= 4 is 27.6 Å². The summed E-state index contributed by atoms with van der Waals surface area (Å²) in [5.74, 6) is 0. The van der Waals surface area contributed by atoms with Crippen molar-refractivity contribution in [1.29, 1.82) is 0 Å². The lowest BCUT2D eigenvalue weighted by Gasteiger charge is -2.30. The van der Waals surface area contributed by atoms with Gasteiger partial charge in [0.25, 0.3) is 0 Å². The van der Waals surface area contributed by atoms with Crippen molar-refractivity contribution in [3.05, 3.63) is 39.9 Å². The molecule has 0 N–H and O–H groups in total. The van der Waals surface area contributed by atoms with Crippen LogP contribution in [0.15, 0.2) is 28.7 Å². The van der Waals surface area contributed by atoms with Crippen molar-refractivity contribution in [2.24, 2.45) is 0 Å². The van der Waals surface area contributed by atoms with Crippen LogP contribution in [0.2, 0.25) is 0 Å². The Balaban J connectivity index is 2.07. The molecule has 1 aromatic rings. The van der Waals surface area contributed by atoms with E-state index in [1.165, 1.54) is 16.7 Å². The number of carbonyl (C=O) groups is 1. The Morgan fingerprint density at radius 2 is 2.05 bits per heavy atom. The summed E-state index contributed by atoms with van der Waals surface area (Å²) in [6, 6.07) is 6.31. The zero-order valence-electron chi connectivity index (χ0n) is 13.1. The third kappa shape index (κ3) is 4.34. The fraction of sp³-hybridized carbons (Fsp3) is 0.471. The molecule has 0 radical (unpaired) electrons. The zero-order chi connectivity index (χ0) is 15.6. The van der Waals surface area contributed by atoms with E-state index in [1.807, 2.05) is 20.8 Å². The Morgan fingerprint density at radius 3 is 2.57 bits per heavy atom. The van der Waals surface area contributed by atoms with Gasteiger partial charge in [-0.2, -0.15) is 0 Å². The SMILES string of the molecule is Cc1cc(Br)ccc1C1=CCN(C(=O)OC(C)(C)C)CC1. The summed E-state index contributed by atoms with van der Waals surface area (Å²) in [6.07, 6.45) is 2.76. The van der Waals surface area contributed by atoms with Crippen molar-refractivity contribution in [2.45, 2.75) is 39.7 Å². The van der Waals surface area contributed by atoms with Gasteiger partial charge in [-0.25, -0.2) is 4.79 Å². The van der Waals surface area contributed by atoms with Gasteiger partial charge in [0, 0.05) is 17.6 Å². The fourth-order valence-corrected chi connectivity index (χ4v) is 2.87. The molecule has 1 heterocycles. The number of benzene rings is 1. The second-order valence-corrected chi connectivity index (χ2v) is 7.28. The van der Waals surface area contributed by atoms with Gasteiger partial charge in [0.1, 0.15) is 5.60 Å². The average molecular weight is 352 g/mol. The maximum atomic E-state index is 12.0. The Hall–Kier alpha value is -1.29. The summed E-state index contributed by atoms with van der Waals surface area (Å²) in [4.78, 5) is 13.8. The molecule has 0 unspecified atom stereocenters. The maximum absolute atomic E-state index is 12.0. The molecule has 0 aromatic heterocycles. The topological polar surface area (TPSA) is 29.5 Å². The Morgan fingerprint density at radius 1 is 1.33 bits per heavy atom. The molecular formula is C17H22BrNO2. The number of rotatable bonds is 1. The van der Waals surface area contributed by atoms with Crippen molar-refractivity contribution < 1.29 is 9.53 Å². The largest absolute Gasteiger partial charge is 0.444 e. The molecule has 0 spiro atoms. The van der Waals surface area contributed by atoms with E-state index < -0.39 is 5.60 Å². The van der Waals surface area contributed by atoms with Crippen LogP contribution in [0.3, 0.4) is 0 Å². The molecule has 3 nitrogen and oxygen atoms in total. The summed E-state index contributed by atoms with van der Waals surface area (Å²) >= 11 is 3.49. The average Bonchev–Trinajstić information content (AvgIpc) is 2.37. The lowest BCUT2D eigenvalue weighted by Crippen LogP contribution is -2.39. The Labute approximate surface area is 135 Å². The van der Waals surface area contributed by atoms with Crippen LogP contribution in [0.4, 0.5) is 4.79 Å². The molecule has 114 valence electrons. The van der Waals surface area contributed by atoms with Crippen molar-refractivity contribution in [3.63, 3.8) is 0 Å². The van der Waals surface area contributed by atoms with E-state index in [2.05, 4.69) is 47.1 Å². The van der Waals surface area contributed by atoms with Crippen LogP contribution in [0.25, 0.3) is 5.57 Å². The monoisotopic (exact) mass is 351 g/mol. The minimum absolute atomic E-state index is 0.231. The number of halogens is 1. The molecule has 0 bridgehead atoms. The highest BCUT2D eigenvalue weighted by Gasteiger charge is 2.24. The number of hydrogen-bond acceptors (Lipinski definition) is 2. The van der Waals surface area contributed by atoms with Gasteiger partial charge in [-0.1, -0.05) is 28.1 Å². The zero-order valence-corrected chi connectivity index (χ0v) is 14.7. The Kier molecular flexibility index (Phi) is 4.77. The highest BCUT2D eigenvalue weighted by Crippen LogP contribution is 2.27. The molecule has 0 atom stereocenters. The first-order valence-corrected chi connectivity index (χ1v) is 7.99. The smallest absolute Gasteiger partial charge is 0.410 e. The standard InChI is InChI=1S/C17H22BrNO2/c1-12-11-14(18)5-6-15(12)13-7-9-19(10-8-13)16(20)21-17(2,3)4/h5-7,11H,8-10H2,1-4H3. The lowest BCUT2D eigenvalue weighted by atomic mass is 9.96. The first-order chi connectivity index (χ1) is 9.76. The van der Waals surface area contributed by atoms with Gasteiger partial charge in [0.15, 0.2) is 0 Å². The van der Waals surface area contributed by atoms with Gasteiger partial charge in [0.05, 0.1) is 0 Å². The molecule has 2 rings (SSSR count). The van der Waals surface area contributed by atoms with Crippen LogP contribution in [0.5, 0.6) is 0 Å². The van der Waals surface area contributed by atoms with Crippen molar-refractivity contribution in [1.82, 2.24) is 4.90 Å². The van der Waals surface area contributed by atoms with Crippen LogP contribution in [0.1, 0.15) is 38.3 Å². The van der Waals surface area contributed by atoms with Gasteiger partial charge >= 0.3 is 6.09 Å². The Bertz CT molecular complexity index is 573. The van der Waals surface area contributed by atoms with E-state index in [0.29, 0.717) is 13.1 Å². The molecule has 21 heavy (non-hydrogen) atoms. The van der Waals surface area contributed by atoms with Crippen molar-refractivity contribution in [3.8, 4) is 0 Å². The number of nitrogens with zero attached hydrogens (tertiary/aromatic N) is 1. The summed E-state index contributed by atoms with van der Waals surface area (Å²) in [7, 11) is 0. The molecule has 4 heteroatoms. The molecular weight excluding hydrogens is 330 g/mol. The van der Waals surface area contributed by atoms with Crippen LogP contribution in [-0.4, -0.2) is 29.7 Å². The highest BCUT2D eigenvalue weighted by atomic mass is 79.9. The van der Waals surface area contributed by atoms with Gasteiger partial charge in [0.2, 0.25) is 0 Å². The molecule has 0 fully saturated rings. The molecule has 0 aliphatic carbocycles. The van der Waals surface area contributed by atoms with Gasteiger partial charge in [-0.15, -0.1) is 0 Å². The minimum Gasteiger partial charge on any atom is -0.444 e. The van der Waals surface area contributed by atoms with E-state index in [-0.39, 0.29) is 6.09 Å². The molecule has 1 aliphatic rings. The number of hydrogen-bond donors (Lipinski definition) is 0. The van der Waals surface area contributed by atoms with Gasteiger partial charge in [-0.3, -0.25) is 0 Å². The van der Waals surface area contributed by atoms with Crippen LogP contribution < -0.4 is 0 Å². The molecule has 1 aliphatic heterocycles. The number of ether oxygens (including phenoxy) is 1. The first-order valence-electron chi connectivity index (χ1n) is 7.20.